The SMILES string of the molecule is CCCOc1ccc(C(=O)OCC(=O)NCC(=O)Nc2ccccc2CC)cc1. The van der Waals surface area contributed by atoms with Gasteiger partial charge < -0.3 is 20.1 Å². The predicted molar refractivity (Wildman–Crippen MR) is 110 cm³/mol. The van der Waals surface area contributed by atoms with Crippen LogP contribution in [0.4, 0.5) is 5.69 Å². The van der Waals surface area contributed by atoms with Gasteiger partial charge in [-0.25, -0.2) is 4.79 Å². The lowest BCUT2D eigenvalue weighted by molar-refractivity contribution is -0.126. The Labute approximate surface area is 170 Å². The lowest BCUT2D eigenvalue weighted by Gasteiger charge is -2.10. The first-order valence-corrected chi connectivity index (χ1v) is 9.58. The van der Waals surface area contributed by atoms with Gasteiger partial charge in [-0.15, -0.1) is 0 Å². The molecular weight excluding hydrogens is 372 g/mol. The number of carbonyl (C=O) groups is 3. The maximum absolute atomic E-state index is 12.0. The molecule has 7 nitrogen and oxygen atoms in total. The molecule has 2 amide bonds. The highest BCUT2D eigenvalue weighted by atomic mass is 16.5. The summed E-state index contributed by atoms with van der Waals surface area (Å²) in [5.74, 6) is -0.867. The zero-order chi connectivity index (χ0) is 21.1. The number of benzene rings is 2. The monoisotopic (exact) mass is 398 g/mol. The van der Waals surface area contributed by atoms with Crippen molar-refractivity contribution in [2.24, 2.45) is 0 Å². The molecule has 0 aliphatic heterocycles. The molecule has 0 saturated heterocycles. The number of amides is 2. The summed E-state index contributed by atoms with van der Waals surface area (Å²) in [6.07, 6.45) is 1.67. The zero-order valence-corrected chi connectivity index (χ0v) is 16.7. The highest BCUT2D eigenvalue weighted by Crippen LogP contribution is 2.15. The number of ether oxygens (including phenoxy) is 2. The van der Waals surface area contributed by atoms with Crippen LogP contribution in [-0.2, 0) is 20.7 Å². The quantitative estimate of drug-likeness (QED) is 0.600. The van der Waals surface area contributed by atoms with Crippen LogP contribution in [0.25, 0.3) is 0 Å². The summed E-state index contributed by atoms with van der Waals surface area (Å²) >= 11 is 0. The molecule has 2 N–H and O–H groups in total. The average Bonchev–Trinajstić information content (AvgIpc) is 2.75. The Bertz CT molecular complexity index is 833. The zero-order valence-electron chi connectivity index (χ0n) is 16.7. The lowest BCUT2D eigenvalue weighted by Crippen LogP contribution is -2.35. The smallest absolute Gasteiger partial charge is 0.338 e. The largest absolute Gasteiger partial charge is 0.494 e. The van der Waals surface area contributed by atoms with Gasteiger partial charge in [-0.3, -0.25) is 9.59 Å². The van der Waals surface area contributed by atoms with E-state index in [1.165, 1.54) is 0 Å². The number of anilines is 1. The minimum Gasteiger partial charge on any atom is -0.494 e. The normalized spacial score (nSPS) is 10.1. The van der Waals surface area contributed by atoms with E-state index in [-0.39, 0.29) is 12.5 Å². The van der Waals surface area contributed by atoms with Gasteiger partial charge in [-0.2, -0.15) is 0 Å². The van der Waals surface area contributed by atoms with Gasteiger partial charge in [0, 0.05) is 5.69 Å². The molecular formula is C22H26N2O5. The van der Waals surface area contributed by atoms with Crippen LogP contribution in [0.5, 0.6) is 5.75 Å². The van der Waals surface area contributed by atoms with Crippen molar-refractivity contribution in [1.29, 1.82) is 0 Å². The molecule has 29 heavy (non-hydrogen) atoms. The van der Waals surface area contributed by atoms with Crippen molar-refractivity contribution in [2.75, 3.05) is 25.1 Å². The molecule has 0 aromatic heterocycles. The molecule has 0 atom stereocenters. The van der Waals surface area contributed by atoms with Crippen LogP contribution in [0.2, 0.25) is 0 Å². The van der Waals surface area contributed by atoms with E-state index in [1.807, 2.05) is 32.0 Å². The second-order valence-electron chi connectivity index (χ2n) is 6.28. The highest BCUT2D eigenvalue weighted by molar-refractivity contribution is 5.96. The second-order valence-corrected chi connectivity index (χ2v) is 6.28. The molecule has 2 aromatic rings. The number of para-hydroxylation sites is 1. The van der Waals surface area contributed by atoms with E-state index in [1.54, 1.807) is 30.3 Å². The Balaban J connectivity index is 1.73. The van der Waals surface area contributed by atoms with E-state index in [0.29, 0.717) is 23.6 Å². The van der Waals surface area contributed by atoms with Crippen molar-refractivity contribution < 1.29 is 23.9 Å². The third-order valence-electron chi connectivity index (χ3n) is 4.02. The van der Waals surface area contributed by atoms with Crippen LogP contribution in [0.15, 0.2) is 48.5 Å². The molecule has 2 rings (SSSR count). The Kier molecular flexibility index (Phi) is 8.69. The van der Waals surface area contributed by atoms with Crippen molar-refractivity contribution in [1.82, 2.24) is 5.32 Å². The number of nitrogens with one attached hydrogen (secondary N) is 2. The van der Waals surface area contributed by atoms with Crippen molar-refractivity contribution >= 4 is 23.5 Å². The molecule has 0 spiro atoms. The Hall–Kier alpha value is -3.35. The van der Waals surface area contributed by atoms with E-state index >= 15 is 0 Å². The number of rotatable bonds is 10. The van der Waals surface area contributed by atoms with E-state index in [0.717, 1.165) is 18.4 Å². The molecule has 0 radical (unpaired) electrons. The molecule has 0 fully saturated rings. The number of hydrogen-bond acceptors (Lipinski definition) is 5. The summed E-state index contributed by atoms with van der Waals surface area (Å²) in [5.41, 5.74) is 2.04. The molecule has 2 aromatic carbocycles. The van der Waals surface area contributed by atoms with Gasteiger partial charge in [0.15, 0.2) is 6.61 Å². The summed E-state index contributed by atoms with van der Waals surface area (Å²) in [6.45, 7) is 3.92. The molecule has 0 heterocycles. The second kappa shape index (κ2) is 11.5. The fourth-order valence-electron chi connectivity index (χ4n) is 2.50. The van der Waals surface area contributed by atoms with E-state index in [9.17, 15) is 14.4 Å². The van der Waals surface area contributed by atoms with Crippen molar-refractivity contribution in [3.63, 3.8) is 0 Å². The Morgan fingerprint density at radius 1 is 0.931 bits per heavy atom. The van der Waals surface area contributed by atoms with Gasteiger partial charge in [0.25, 0.3) is 5.91 Å². The van der Waals surface area contributed by atoms with Gasteiger partial charge in [0.05, 0.1) is 18.7 Å². The maximum Gasteiger partial charge on any atom is 0.338 e. The first-order valence-electron chi connectivity index (χ1n) is 9.58. The number of aryl methyl sites for hydroxylation is 1. The standard InChI is InChI=1S/C22H26N2O5/c1-3-13-28-18-11-9-17(10-12-18)22(27)29-15-21(26)23-14-20(25)24-19-8-6-5-7-16(19)4-2/h5-12H,3-4,13-15H2,1-2H3,(H,23,26)(H,24,25). The van der Waals surface area contributed by atoms with E-state index < -0.39 is 18.5 Å². The number of esters is 1. The minimum absolute atomic E-state index is 0.210. The van der Waals surface area contributed by atoms with Gasteiger partial charge >= 0.3 is 5.97 Å². The van der Waals surface area contributed by atoms with Crippen LogP contribution in [0.3, 0.4) is 0 Å². The van der Waals surface area contributed by atoms with Crippen molar-refractivity contribution in [2.45, 2.75) is 26.7 Å². The van der Waals surface area contributed by atoms with Gasteiger partial charge in [-0.05, 0) is 48.7 Å². The summed E-state index contributed by atoms with van der Waals surface area (Å²) < 4.78 is 10.4. The molecule has 7 heteroatoms. The molecule has 0 aliphatic carbocycles. The first-order chi connectivity index (χ1) is 14.0. The fourth-order valence-corrected chi connectivity index (χ4v) is 2.50. The van der Waals surface area contributed by atoms with Crippen LogP contribution in [0.1, 0.15) is 36.2 Å². The minimum atomic E-state index is -0.622. The predicted octanol–water partition coefficient (Wildman–Crippen LogP) is 2.95. The highest BCUT2D eigenvalue weighted by Gasteiger charge is 2.12. The molecule has 0 saturated carbocycles. The van der Waals surface area contributed by atoms with Crippen molar-refractivity contribution in [3.8, 4) is 5.75 Å². The summed E-state index contributed by atoms with van der Waals surface area (Å²) in [6, 6.07) is 13.9. The van der Waals surface area contributed by atoms with Crippen LogP contribution >= 0.6 is 0 Å². The Morgan fingerprint density at radius 2 is 1.66 bits per heavy atom. The van der Waals surface area contributed by atoms with Gasteiger partial charge in [0.1, 0.15) is 5.75 Å². The van der Waals surface area contributed by atoms with E-state index in [4.69, 9.17) is 9.47 Å². The topological polar surface area (TPSA) is 93.7 Å². The first kappa shape index (κ1) is 21.9. The number of carbonyl (C=O) groups excluding carboxylic acids is 3. The molecule has 0 aliphatic rings. The van der Waals surface area contributed by atoms with E-state index in [2.05, 4.69) is 10.6 Å². The third kappa shape index (κ3) is 7.29. The third-order valence-corrected chi connectivity index (χ3v) is 4.02. The van der Waals surface area contributed by atoms with Crippen molar-refractivity contribution in [3.05, 3.63) is 59.7 Å². The van der Waals surface area contributed by atoms with Crippen LogP contribution < -0.4 is 15.4 Å². The number of hydrogen-bond donors (Lipinski definition) is 2. The molecule has 154 valence electrons. The molecule has 0 unspecified atom stereocenters. The lowest BCUT2D eigenvalue weighted by atomic mass is 10.1. The van der Waals surface area contributed by atoms with Crippen LogP contribution in [0, 0.1) is 0 Å². The van der Waals surface area contributed by atoms with Crippen LogP contribution in [-0.4, -0.2) is 37.5 Å². The summed E-state index contributed by atoms with van der Waals surface area (Å²) in [4.78, 5) is 35.9. The fraction of sp³-hybridized carbons (Fsp3) is 0.318. The summed E-state index contributed by atoms with van der Waals surface area (Å²) in [5, 5.41) is 5.19. The summed E-state index contributed by atoms with van der Waals surface area (Å²) in [7, 11) is 0. The Morgan fingerprint density at radius 3 is 2.34 bits per heavy atom. The maximum atomic E-state index is 12.0. The average molecular weight is 398 g/mol. The van der Waals surface area contributed by atoms with Gasteiger partial charge in [0.2, 0.25) is 5.91 Å². The molecule has 0 bridgehead atoms. The van der Waals surface area contributed by atoms with Gasteiger partial charge in [-0.1, -0.05) is 32.0 Å².